The Morgan fingerprint density at radius 2 is 0.669 bits per heavy atom. The first-order valence-corrected chi connectivity index (χ1v) is 43.9. The topological polar surface area (TPSA) is 68.1 Å². The number of benzene rings is 13. The van der Waals surface area contributed by atoms with E-state index in [2.05, 4.69) is 243 Å². The number of aromatic nitrogens is 4. The first kappa shape index (κ1) is 70.3. The van der Waals surface area contributed by atoms with Gasteiger partial charge in [0.2, 0.25) is 22.8 Å². The van der Waals surface area contributed by atoms with Crippen molar-refractivity contribution in [2.75, 3.05) is 0 Å². The lowest BCUT2D eigenvalue weighted by Gasteiger charge is -2.21. The number of hydrogen-bond acceptors (Lipinski definition) is 4. The van der Waals surface area contributed by atoms with E-state index in [4.69, 9.17) is 28.6 Å². The molecule has 13 aromatic carbocycles. The van der Waals surface area contributed by atoms with Gasteiger partial charge in [-0.1, -0.05) is 217 Å². The first-order valence-electron chi connectivity index (χ1n) is 47.9. The van der Waals surface area contributed by atoms with Crippen LogP contribution >= 0.6 is 0 Å². The molecule has 0 atom stereocenters. The van der Waals surface area contributed by atoms with E-state index in [-0.39, 0.29) is 5.92 Å². The number of hydrogen-bond donors (Lipinski definition) is 0. The average molecular weight is 1630 g/mol. The minimum absolute atomic E-state index is 0.0917. The van der Waals surface area contributed by atoms with Gasteiger partial charge in [0.15, 0.2) is 24.8 Å². The van der Waals surface area contributed by atoms with E-state index in [0.717, 1.165) is 244 Å². The summed E-state index contributed by atoms with van der Waals surface area (Å²) in [6.45, 7) is 12.0. The quantitative estimate of drug-likeness (QED) is 0.135. The number of furan rings is 4. The fourth-order valence-corrected chi connectivity index (χ4v) is 19.6. The summed E-state index contributed by atoms with van der Waals surface area (Å²) < 4.78 is 103. The van der Waals surface area contributed by atoms with Crippen LogP contribution < -0.4 is 18.3 Å². The third-order valence-electron chi connectivity index (χ3n) is 26.1. The summed E-state index contributed by atoms with van der Waals surface area (Å²) in [5.41, 5.74) is 24.0. The molecule has 0 radical (unpaired) electrons. The Morgan fingerprint density at radius 3 is 1.07 bits per heavy atom. The van der Waals surface area contributed by atoms with Gasteiger partial charge in [-0.3, -0.25) is 0 Å². The highest BCUT2D eigenvalue weighted by Crippen LogP contribution is 2.46. The lowest BCUT2D eigenvalue weighted by molar-refractivity contribution is -0.660. The van der Waals surface area contributed by atoms with Crippen molar-refractivity contribution in [3.63, 3.8) is 0 Å². The highest BCUT2D eigenvalue weighted by atomic mass is 16.3. The van der Waals surface area contributed by atoms with Crippen molar-refractivity contribution < 1.29 is 46.9 Å². The van der Waals surface area contributed by atoms with E-state index < -0.39 is 30.9 Å². The summed E-state index contributed by atoms with van der Waals surface area (Å²) in [6, 6.07) is 91.6. The predicted octanol–water partition coefficient (Wildman–Crippen LogP) is 29.5. The van der Waals surface area contributed by atoms with Crippen LogP contribution in [0.4, 0.5) is 0 Å². The van der Waals surface area contributed by atoms with Crippen LogP contribution in [0.15, 0.2) is 309 Å². The second kappa shape index (κ2) is 32.5. The number of rotatable bonds is 9. The monoisotopic (exact) mass is 1630 g/mol. The van der Waals surface area contributed by atoms with Crippen molar-refractivity contribution in [1.82, 2.24) is 0 Å². The second-order valence-corrected chi connectivity index (χ2v) is 35.4. The van der Waals surface area contributed by atoms with E-state index >= 15 is 0 Å². The average Bonchev–Trinajstić information content (AvgIpc) is 1.59. The fraction of sp³-hybridized carbons (Fsp3) is 0.224. The van der Waals surface area contributed by atoms with Gasteiger partial charge in [0, 0.05) is 146 Å². The number of nitrogens with zero attached hydrogens (tertiary/aromatic N) is 4. The molecule has 0 saturated heterocycles. The van der Waals surface area contributed by atoms with Crippen LogP contribution in [-0.4, -0.2) is 0 Å². The number of fused-ring (bicyclic) bond motifs is 20. The maximum Gasteiger partial charge on any atom is 0.213 e. The molecule has 8 aromatic heterocycles. The molecule has 2 aliphatic carbocycles. The van der Waals surface area contributed by atoms with E-state index in [1.807, 2.05) is 138 Å². The van der Waals surface area contributed by atoms with Crippen molar-refractivity contribution in [2.45, 2.75) is 132 Å². The number of aryl methyl sites for hydroxylation is 9. The zero-order chi connectivity index (χ0) is 91.8. The normalized spacial score (nSPS) is 15.1. The summed E-state index contributed by atoms with van der Waals surface area (Å²) in [4.78, 5) is 0. The van der Waals surface area contributed by atoms with Crippen LogP contribution in [0.2, 0.25) is 0 Å². The van der Waals surface area contributed by atoms with E-state index in [1.54, 1.807) is 6.20 Å². The summed E-state index contributed by atoms with van der Waals surface area (Å²) in [7, 11) is 8.02. The SMILES string of the molecule is [2H]C([2H])([2H])c1c[n+](C)c(-c2ccc3c(oc4c5ccccc5ccc34)c2C)cc1-c1ccccc1.[2H]C([2H])(c1cc[n+](C)c(-c2ccc3c(oc4c5ccccc5ccc34)c2C)c1)C(C)(C)C.[2H]C([2H])(c1cc[n+](C)c(-c2ccc3c(oc4c5ccccc5ccc34)c2C)c1)C1CCCCC1.[2H]C1(c2cc[n+](C)c(-c3ccc4c(oc5c6ccccc6ccc45)c3C)c2)CCCC1. The van der Waals surface area contributed by atoms with Crippen molar-refractivity contribution in [3.05, 3.63) is 336 Å². The van der Waals surface area contributed by atoms with Gasteiger partial charge in [-0.05, 0) is 200 Å². The Labute approximate surface area is 737 Å². The van der Waals surface area contributed by atoms with Crippen molar-refractivity contribution in [2.24, 2.45) is 39.5 Å². The van der Waals surface area contributed by atoms with Gasteiger partial charge in [0.25, 0.3) is 0 Å². The van der Waals surface area contributed by atoms with E-state index in [1.165, 1.54) is 28.1 Å². The molecule has 2 fully saturated rings. The van der Waals surface area contributed by atoms with Gasteiger partial charge in [0.05, 0.1) is 22.3 Å². The summed E-state index contributed by atoms with van der Waals surface area (Å²) in [6.07, 6.45) is 14.7. The molecular weight excluding hydrogens is 1510 g/mol. The number of pyridine rings is 4. The molecule has 0 aliphatic heterocycles. The molecular formula is C116H108N4O4+4. The molecule has 0 spiro atoms. The lowest BCUT2D eigenvalue weighted by Crippen LogP contribution is -2.31. The maximum absolute atomic E-state index is 8.96. The van der Waals surface area contributed by atoms with Crippen LogP contribution in [0.3, 0.4) is 0 Å². The Balaban J connectivity index is 0.000000110. The van der Waals surface area contributed by atoms with Gasteiger partial charge < -0.3 is 17.7 Å². The third-order valence-corrected chi connectivity index (χ3v) is 26.1. The van der Waals surface area contributed by atoms with Crippen LogP contribution in [0.25, 0.3) is 187 Å². The van der Waals surface area contributed by atoms with Gasteiger partial charge >= 0.3 is 0 Å². The molecule has 8 heterocycles. The standard InChI is InChI=1S/C30H24NO.C30H30NO.C28H26NO.C28H28NO/c1-19-18-31(3)28(17-27(19)21-9-5-4-6-10-21)23-15-16-25-26-14-13-22-11-7-8-12-24(22)30(26)32-29(25)20(23)2;1-20-24(28-19-22(16-17-31(28)2)18-21-8-4-3-5-9-21)14-15-26-27-13-12-23-10-6-7-11-25(23)30(27)32-29(20)26;1-18-22(26-17-21(15-16-29(26)2)19-7-3-4-8-19)13-14-24-25-12-11-20-9-5-6-10-23(20)28(25)30-27(18)24;1-18-21(25-16-19(14-15-29(25)5)17-28(2,3)4)12-13-23-24-11-10-20-8-6-7-9-22(20)27(24)30-26(18)23/h4-18H,1-3H3;6-7,10-17,19,21H,3-5,8-9,18H2,1-2H3;5-6,9-17,19H,3-4,7-8H2,1-2H3;6-16H,17H2,1-5H3/q4*+1/i1D3;18D2;19D;17D2. The summed E-state index contributed by atoms with van der Waals surface area (Å²) >= 11 is 0. The van der Waals surface area contributed by atoms with Crippen molar-refractivity contribution in [1.29, 1.82) is 0 Å². The molecule has 8 heteroatoms. The van der Waals surface area contributed by atoms with Crippen LogP contribution in [0, 0.1) is 45.9 Å². The Kier molecular flexibility index (Phi) is 18.4. The summed E-state index contributed by atoms with van der Waals surface area (Å²) in [5.74, 6) is -0.353. The molecule has 0 N–H and O–H groups in total. The molecule has 21 aromatic rings. The Bertz CT molecular complexity index is 8180. The first-order chi connectivity index (χ1) is 63.4. The molecule has 124 heavy (non-hydrogen) atoms. The lowest BCUT2D eigenvalue weighted by atomic mass is 9.85. The zero-order valence-corrected chi connectivity index (χ0v) is 72.6. The van der Waals surface area contributed by atoms with Crippen LogP contribution in [-0.2, 0) is 40.9 Å². The molecule has 0 amide bonds. The van der Waals surface area contributed by atoms with Gasteiger partial charge in [-0.2, -0.15) is 0 Å². The minimum Gasteiger partial charge on any atom is -0.455 e. The highest BCUT2D eigenvalue weighted by Gasteiger charge is 2.28. The smallest absolute Gasteiger partial charge is 0.213 e. The Morgan fingerprint density at radius 1 is 0.331 bits per heavy atom. The zero-order valence-electron chi connectivity index (χ0n) is 80.6. The molecule has 23 rings (SSSR count). The molecule has 2 aliphatic rings. The van der Waals surface area contributed by atoms with Gasteiger partial charge in [0.1, 0.15) is 72.9 Å². The highest BCUT2D eigenvalue weighted by molar-refractivity contribution is 6.20. The largest absolute Gasteiger partial charge is 0.455 e. The molecule has 2 saturated carbocycles. The van der Waals surface area contributed by atoms with E-state index in [9.17, 15) is 0 Å². The fourth-order valence-electron chi connectivity index (χ4n) is 19.6. The molecule has 8 nitrogen and oxygen atoms in total. The molecule has 0 unspecified atom stereocenters. The summed E-state index contributed by atoms with van der Waals surface area (Å²) in [5, 5.41) is 18.2. The maximum atomic E-state index is 8.96. The van der Waals surface area contributed by atoms with Crippen LogP contribution in [0.5, 0.6) is 0 Å². The van der Waals surface area contributed by atoms with Gasteiger partial charge in [-0.15, -0.1) is 0 Å². The second-order valence-electron chi connectivity index (χ2n) is 35.4. The Hall–Kier alpha value is -13.3. The van der Waals surface area contributed by atoms with Gasteiger partial charge in [-0.25, -0.2) is 18.3 Å². The van der Waals surface area contributed by atoms with Crippen molar-refractivity contribution >= 4 is 131 Å². The van der Waals surface area contributed by atoms with Crippen LogP contribution in [0.1, 0.15) is 140 Å². The third kappa shape index (κ3) is 14.6. The van der Waals surface area contributed by atoms with E-state index in [0.29, 0.717) is 16.7 Å². The predicted molar refractivity (Wildman–Crippen MR) is 515 cm³/mol. The molecule has 0 bridgehead atoms. The molecule has 612 valence electrons. The minimum atomic E-state index is -2.22. The van der Waals surface area contributed by atoms with Crippen molar-refractivity contribution in [3.8, 4) is 56.2 Å².